The smallest absolute Gasteiger partial charge is 0.332 e. The molecule has 1 N–H and O–H groups in total. The number of nitrogens with zero attached hydrogens (tertiary/aromatic N) is 1. The van der Waals surface area contributed by atoms with Crippen molar-refractivity contribution in [2.45, 2.75) is 200 Å². The number of carboxylic acids is 1. The van der Waals surface area contributed by atoms with Gasteiger partial charge in [0, 0.05) is 19.4 Å². The van der Waals surface area contributed by atoms with Crippen LogP contribution in [0.5, 0.6) is 0 Å². The Bertz CT molecular complexity index is 831. The molecule has 0 saturated heterocycles. The molecule has 0 bridgehead atoms. The molecule has 0 amide bonds. The summed E-state index contributed by atoms with van der Waals surface area (Å²) in [5.41, 5.74) is -0.0328. The van der Waals surface area contributed by atoms with Crippen LogP contribution in [0.1, 0.15) is 200 Å². The van der Waals surface area contributed by atoms with Gasteiger partial charge in [-0.3, -0.25) is 9.59 Å². The minimum Gasteiger partial charge on any atom is -0.478 e. The molecule has 278 valence electrons. The molecule has 5 nitrogen and oxygen atoms in total. The third-order valence-corrected chi connectivity index (χ3v) is 9.26. The van der Waals surface area contributed by atoms with Crippen LogP contribution in [0.2, 0.25) is 0 Å². The number of Topliss-reactive ketones (excluding diaryl/α,β-unsaturated/α-hetero) is 2. The van der Waals surface area contributed by atoms with Crippen LogP contribution in [0.4, 0.5) is 0 Å². The van der Waals surface area contributed by atoms with Gasteiger partial charge in [-0.15, -0.1) is 0 Å². The van der Waals surface area contributed by atoms with Crippen LogP contribution in [0.25, 0.3) is 0 Å². The number of hydrogen-bond acceptors (Lipinski definition) is 4. The average Bonchev–Trinajstić information content (AvgIpc) is 3.06. The van der Waals surface area contributed by atoms with E-state index in [9.17, 15) is 19.5 Å². The van der Waals surface area contributed by atoms with E-state index < -0.39 is 5.97 Å². The van der Waals surface area contributed by atoms with E-state index in [1.54, 1.807) is 0 Å². The van der Waals surface area contributed by atoms with Gasteiger partial charge in [0.05, 0.1) is 11.1 Å². The molecule has 0 spiro atoms. The Morgan fingerprint density at radius 3 is 1.08 bits per heavy atom. The zero-order valence-electron chi connectivity index (χ0n) is 32.1. The van der Waals surface area contributed by atoms with Crippen LogP contribution in [-0.2, 0) is 14.4 Å². The summed E-state index contributed by atoms with van der Waals surface area (Å²) in [5.74, 6) is -1.69. The van der Waals surface area contributed by atoms with Crippen molar-refractivity contribution in [1.29, 1.82) is 0 Å². The number of rotatable bonds is 36. The maximum atomic E-state index is 13.3. The van der Waals surface area contributed by atoms with E-state index in [1.165, 1.54) is 89.9 Å². The van der Waals surface area contributed by atoms with Crippen molar-refractivity contribution < 1.29 is 19.5 Å². The third kappa shape index (κ3) is 29.0. The molecule has 0 aromatic carbocycles. The SMILES string of the molecule is CCCCCCCC/C=C\CCCCCCCC(=O)C(C(=O)CCCCCCC/C=C\CCCCCCCC)=C(CCN(C)C)C(=O)O. The van der Waals surface area contributed by atoms with Crippen LogP contribution in [-0.4, -0.2) is 48.2 Å². The number of carbonyl (C=O) groups excluding carboxylic acids is 2. The predicted molar refractivity (Wildman–Crippen MR) is 207 cm³/mol. The maximum Gasteiger partial charge on any atom is 0.332 e. The standard InChI is InChI=1S/C43H77NO4/c1-5-7-9-11-13-15-17-19-21-23-25-27-29-31-33-35-40(45)42(39(43(47)48)37-38-44(3)4)41(46)36-34-32-30-28-26-24-22-20-18-16-14-12-10-8-6-2/h19-22H,5-18,23-38H2,1-4H3,(H,47,48)/b21-19-,22-20-. The van der Waals surface area contributed by atoms with Gasteiger partial charge < -0.3 is 10.0 Å². The molecule has 0 fully saturated rings. The van der Waals surface area contributed by atoms with E-state index in [2.05, 4.69) is 38.2 Å². The van der Waals surface area contributed by atoms with E-state index in [-0.39, 0.29) is 42.0 Å². The summed E-state index contributed by atoms with van der Waals surface area (Å²) in [6, 6.07) is 0. The highest BCUT2D eigenvalue weighted by molar-refractivity contribution is 6.23. The summed E-state index contributed by atoms with van der Waals surface area (Å²) < 4.78 is 0. The van der Waals surface area contributed by atoms with Crippen molar-refractivity contribution in [3.8, 4) is 0 Å². The zero-order valence-corrected chi connectivity index (χ0v) is 32.1. The van der Waals surface area contributed by atoms with Gasteiger partial charge in [0.15, 0.2) is 11.6 Å². The molecular formula is C43H77NO4. The number of carbonyl (C=O) groups is 3. The van der Waals surface area contributed by atoms with Crippen molar-refractivity contribution in [1.82, 2.24) is 4.90 Å². The van der Waals surface area contributed by atoms with Gasteiger partial charge in [-0.25, -0.2) is 4.79 Å². The van der Waals surface area contributed by atoms with Crippen LogP contribution in [0.3, 0.4) is 0 Å². The Morgan fingerprint density at radius 1 is 0.458 bits per heavy atom. The lowest BCUT2D eigenvalue weighted by Gasteiger charge is -2.14. The molecule has 0 saturated carbocycles. The highest BCUT2D eigenvalue weighted by Gasteiger charge is 2.26. The van der Waals surface area contributed by atoms with Gasteiger partial charge in [-0.2, -0.15) is 0 Å². The summed E-state index contributed by atoms with van der Waals surface area (Å²) in [5, 5.41) is 9.97. The zero-order chi connectivity index (χ0) is 35.5. The van der Waals surface area contributed by atoms with E-state index in [4.69, 9.17) is 0 Å². The Hall–Kier alpha value is -2.01. The predicted octanol–water partition coefficient (Wildman–Crippen LogP) is 12.5. The van der Waals surface area contributed by atoms with Gasteiger partial charge in [0.1, 0.15) is 0 Å². The lowest BCUT2D eigenvalue weighted by molar-refractivity contribution is -0.134. The van der Waals surface area contributed by atoms with Crippen molar-refractivity contribution in [2.24, 2.45) is 0 Å². The first-order valence-electron chi connectivity index (χ1n) is 20.3. The number of aliphatic carboxylic acids is 1. The first-order chi connectivity index (χ1) is 23.3. The number of hydrogen-bond donors (Lipinski definition) is 1. The topological polar surface area (TPSA) is 74.7 Å². The highest BCUT2D eigenvalue weighted by Crippen LogP contribution is 2.20. The van der Waals surface area contributed by atoms with Crippen molar-refractivity contribution >= 4 is 17.5 Å². The van der Waals surface area contributed by atoms with Crippen LogP contribution in [0.15, 0.2) is 35.5 Å². The van der Waals surface area contributed by atoms with Crippen LogP contribution < -0.4 is 0 Å². The fourth-order valence-electron chi connectivity index (χ4n) is 6.13. The van der Waals surface area contributed by atoms with Crippen molar-refractivity contribution in [3.05, 3.63) is 35.5 Å². The quantitative estimate of drug-likeness (QED) is 0.0236. The summed E-state index contributed by atoms with van der Waals surface area (Å²) in [6.07, 6.45) is 40.6. The van der Waals surface area contributed by atoms with Gasteiger partial charge in [-0.1, -0.05) is 141 Å². The summed E-state index contributed by atoms with van der Waals surface area (Å²) in [4.78, 5) is 40.7. The van der Waals surface area contributed by atoms with E-state index in [0.29, 0.717) is 19.4 Å². The van der Waals surface area contributed by atoms with Crippen molar-refractivity contribution in [3.63, 3.8) is 0 Å². The summed E-state index contributed by atoms with van der Waals surface area (Å²) in [6.45, 7) is 5.00. The van der Waals surface area contributed by atoms with Crippen molar-refractivity contribution in [2.75, 3.05) is 20.6 Å². The molecule has 0 aliphatic carbocycles. The first-order valence-corrected chi connectivity index (χ1v) is 20.3. The third-order valence-electron chi connectivity index (χ3n) is 9.26. The fraction of sp³-hybridized carbons (Fsp3) is 0.791. The number of allylic oxidation sites excluding steroid dienone is 5. The summed E-state index contributed by atoms with van der Waals surface area (Å²) >= 11 is 0. The van der Waals surface area contributed by atoms with Crippen LogP contribution in [0, 0.1) is 0 Å². The van der Waals surface area contributed by atoms with E-state index >= 15 is 0 Å². The van der Waals surface area contributed by atoms with Gasteiger partial charge in [0.25, 0.3) is 0 Å². The van der Waals surface area contributed by atoms with Crippen LogP contribution >= 0.6 is 0 Å². The lowest BCUT2D eigenvalue weighted by Crippen LogP contribution is -2.22. The number of unbranched alkanes of at least 4 members (excludes halogenated alkanes) is 22. The molecule has 0 atom stereocenters. The molecule has 0 aromatic heterocycles. The monoisotopic (exact) mass is 672 g/mol. The molecule has 48 heavy (non-hydrogen) atoms. The lowest BCUT2D eigenvalue weighted by atomic mass is 9.91. The molecule has 0 aromatic rings. The molecular weight excluding hydrogens is 594 g/mol. The molecule has 0 aliphatic heterocycles. The average molecular weight is 672 g/mol. The largest absolute Gasteiger partial charge is 0.478 e. The second-order valence-electron chi connectivity index (χ2n) is 14.2. The van der Waals surface area contributed by atoms with E-state index in [0.717, 1.165) is 64.2 Å². The Kier molecular flexibility index (Phi) is 33.4. The van der Waals surface area contributed by atoms with Gasteiger partial charge in [0.2, 0.25) is 0 Å². The Morgan fingerprint density at radius 2 is 0.771 bits per heavy atom. The minimum atomic E-state index is -1.14. The summed E-state index contributed by atoms with van der Waals surface area (Å²) in [7, 11) is 3.75. The fourth-order valence-corrected chi connectivity index (χ4v) is 6.13. The Balaban J connectivity index is 4.47. The molecule has 0 heterocycles. The number of ketones is 2. The Labute approximate surface area is 297 Å². The molecule has 5 heteroatoms. The first kappa shape index (κ1) is 46.0. The molecule has 0 aliphatic rings. The maximum absolute atomic E-state index is 13.3. The number of carboxylic acid groups (broad SMARTS) is 1. The second-order valence-corrected chi connectivity index (χ2v) is 14.2. The molecule has 0 rings (SSSR count). The van der Waals surface area contributed by atoms with Gasteiger partial charge in [-0.05, 0) is 84.7 Å². The minimum absolute atomic E-state index is 0.000747. The molecule has 0 unspecified atom stereocenters. The normalized spacial score (nSPS) is 11.7. The second kappa shape index (κ2) is 34.8. The van der Waals surface area contributed by atoms with Gasteiger partial charge >= 0.3 is 5.97 Å². The molecule has 0 radical (unpaired) electrons. The van der Waals surface area contributed by atoms with E-state index in [1.807, 2.05) is 19.0 Å². The highest BCUT2D eigenvalue weighted by atomic mass is 16.4.